The van der Waals surface area contributed by atoms with Gasteiger partial charge in [-0.25, -0.2) is 14.2 Å². The van der Waals surface area contributed by atoms with E-state index in [1.54, 1.807) is 19.1 Å². The molecule has 1 aromatic heterocycles. The van der Waals surface area contributed by atoms with Crippen LogP contribution in [0.2, 0.25) is 0 Å². The van der Waals surface area contributed by atoms with Crippen LogP contribution in [0.5, 0.6) is 5.75 Å². The van der Waals surface area contributed by atoms with Crippen LogP contribution in [0.25, 0.3) is 0 Å². The van der Waals surface area contributed by atoms with E-state index in [1.807, 2.05) is 0 Å². The van der Waals surface area contributed by atoms with Gasteiger partial charge in [-0.2, -0.15) is 0 Å². The summed E-state index contributed by atoms with van der Waals surface area (Å²) in [4.78, 5) is 15.4. The van der Waals surface area contributed by atoms with Crippen molar-refractivity contribution in [2.45, 2.75) is 13.5 Å². The summed E-state index contributed by atoms with van der Waals surface area (Å²) < 4.78 is 18.2. The first-order chi connectivity index (χ1) is 8.56. The van der Waals surface area contributed by atoms with Crippen molar-refractivity contribution in [1.82, 2.24) is 4.98 Å². The summed E-state index contributed by atoms with van der Waals surface area (Å²) in [6.45, 7) is 1.81. The maximum absolute atomic E-state index is 12.9. The highest BCUT2D eigenvalue weighted by Crippen LogP contribution is 2.20. The Hall–Kier alpha value is -1.95. The number of carbonyl (C=O) groups is 1. The summed E-state index contributed by atoms with van der Waals surface area (Å²) in [5, 5.41) is 9.40. The maximum Gasteiger partial charge on any atom is 0.355 e. The van der Waals surface area contributed by atoms with Crippen molar-refractivity contribution in [2.75, 3.05) is 0 Å². The Labute approximate surface area is 107 Å². The number of aromatic carboxylic acids is 1. The number of carboxylic acids is 1. The third-order valence-electron chi connectivity index (χ3n) is 2.20. The van der Waals surface area contributed by atoms with Crippen molar-refractivity contribution in [3.8, 4) is 5.75 Å². The lowest BCUT2D eigenvalue weighted by Gasteiger charge is -2.03. The number of hydrogen-bond acceptors (Lipinski definition) is 4. The van der Waals surface area contributed by atoms with Gasteiger partial charge in [0.15, 0.2) is 5.69 Å². The van der Waals surface area contributed by atoms with E-state index in [-0.39, 0.29) is 18.1 Å². The van der Waals surface area contributed by atoms with Crippen LogP contribution in [0.4, 0.5) is 4.39 Å². The Morgan fingerprint density at radius 3 is 2.94 bits per heavy atom. The van der Waals surface area contributed by atoms with Crippen LogP contribution in [0, 0.1) is 12.7 Å². The zero-order valence-electron chi connectivity index (χ0n) is 9.51. The topological polar surface area (TPSA) is 59.4 Å². The number of hydrogen-bond donors (Lipinski definition) is 1. The zero-order chi connectivity index (χ0) is 13.1. The summed E-state index contributed by atoms with van der Waals surface area (Å²) in [6, 6.07) is 5.75. The third-order valence-corrected chi connectivity index (χ3v) is 3.15. The molecule has 0 amide bonds. The van der Waals surface area contributed by atoms with E-state index in [0.29, 0.717) is 15.6 Å². The van der Waals surface area contributed by atoms with Crippen molar-refractivity contribution < 1.29 is 19.0 Å². The Balaban J connectivity index is 2.06. The van der Waals surface area contributed by atoms with Crippen molar-refractivity contribution in [3.05, 3.63) is 45.7 Å². The van der Waals surface area contributed by atoms with Gasteiger partial charge in [0, 0.05) is 10.9 Å². The van der Waals surface area contributed by atoms with E-state index in [2.05, 4.69) is 4.98 Å². The molecule has 0 aliphatic carbocycles. The average Bonchev–Trinajstić information content (AvgIpc) is 2.68. The molecule has 0 bridgehead atoms. The van der Waals surface area contributed by atoms with Crippen LogP contribution in [-0.4, -0.2) is 16.1 Å². The molecule has 2 aromatic rings. The second-order valence-electron chi connectivity index (χ2n) is 3.56. The molecule has 1 aromatic carbocycles. The Morgan fingerprint density at radius 1 is 1.56 bits per heavy atom. The molecule has 0 aliphatic heterocycles. The molecular weight excluding hydrogens is 257 g/mol. The number of ether oxygens (including phenoxy) is 1. The van der Waals surface area contributed by atoms with Gasteiger partial charge in [0.25, 0.3) is 0 Å². The summed E-state index contributed by atoms with van der Waals surface area (Å²) in [6.07, 6.45) is 0. The number of benzene rings is 1. The molecular formula is C12H10FNO3S. The Bertz CT molecular complexity index is 582. The first-order valence-electron chi connectivity index (χ1n) is 5.14. The summed E-state index contributed by atoms with van der Waals surface area (Å²) in [5.41, 5.74) is 0.0397. The highest BCUT2D eigenvalue weighted by atomic mass is 32.1. The van der Waals surface area contributed by atoms with Crippen LogP contribution in [-0.2, 0) is 6.61 Å². The predicted molar refractivity (Wildman–Crippen MR) is 64.5 cm³/mol. The number of carboxylic acid groups (broad SMARTS) is 1. The zero-order valence-corrected chi connectivity index (χ0v) is 10.3. The van der Waals surface area contributed by atoms with E-state index in [0.717, 1.165) is 0 Å². The van der Waals surface area contributed by atoms with E-state index in [9.17, 15) is 9.18 Å². The lowest BCUT2D eigenvalue weighted by Crippen LogP contribution is -2.00. The predicted octanol–water partition coefficient (Wildman–Crippen LogP) is 2.87. The summed E-state index contributed by atoms with van der Waals surface area (Å²) in [5.74, 6) is -1.05. The quantitative estimate of drug-likeness (QED) is 0.925. The van der Waals surface area contributed by atoms with Gasteiger partial charge in [-0.15, -0.1) is 11.3 Å². The van der Waals surface area contributed by atoms with Crippen molar-refractivity contribution in [1.29, 1.82) is 0 Å². The Morgan fingerprint density at radius 2 is 2.33 bits per heavy atom. The molecule has 1 N–H and O–H groups in total. The van der Waals surface area contributed by atoms with Crippen LogP contribution in [0.1, 0.15) is 20.4 Å². The lowest BCUT2D eigenvalue weighted by molar-refractivity contribution is 0.0690. The van der Waals surface area contributed by atoms with Gasteiger partial charge in [0.1, 0.15) is 23.2 Å². The van der Waals surface area contributed by atoms with Gasteiger partial charge in [-0.3, -0.25) is 0 Å². The molecule has 0 aliphatic rings. The molecule has 0 spiro atoms. The van der Waals surface area contributed by atoms with Crippen LogP contribution < -0.4 is 4.74 Å². The molecule has 0 saturated carbocycles. The minimum Gasteiger partial charge on any atom is -0.486 e. The molecule has 6 heteroatoms. The van der Waals surface area contributed by atoms with Gasteiger partial charge >= 0.3 is 5.97 Å². The standard InChI is InChI=1S/C12H10FNO3S/c1-7-11(12(15)16)14-10(18-7)6-17-9-4-2-3-8(13)5-9/h2-5H,6H2,1H3,(H,15,16). The molecule has 94 valence electrons. The number of aryl methyl sites for hydroxylation is 1. The van der Waals surface area contributed by atoms with E-state index < -0.39 is 5.97 Å². The van der Waals surface area contributed by atoms with Gasteiger partial charge in [0.05, 0.1) is 0 Å². The molecule has 1 heterocycles. The molecule has 0 saturated heterocycles. The first kappa shape index (κ1) is 12.5. The van der Waals surface area contributed by atoms with E-state index >= 15 is 0 Å². The van der Waals surface area contributed by atoms with Crippen LogP contribution in [0.15, 0.2) is 24.3 Å². The largest absolute Gasteiger partial charge is 0.486 e. The highest BCUT2D eigenvalue weighted by molar-refractivity contribution is 7.11. The smallest absolute Gasteiger partial charge is 0.355 e. The maximum atomic E-state index is 12.9. The number of rotatable bonds is 4. The van der Waals surface area contributed by atoms with Gasteiger partial charge in [0.2, 0.25) is 0 Å². The van der Waals surface area contributed by atoms with E-state index in [1.165, 1.54) is 23.5 Å². The fourth-order valence-electron chi connectivity index (χ4n) is 1.41. The minimum atomic E-state index is -1.05. The van der Waals surface area contributed by atoms with E-state index in [4.69, 9.17) is 9.84 Å². The van der Waals surface area contributed by atoms with Crippen molar-refractivity contribution in [3.63, 3.8) is 0 Å². The molecule has 4 nitrogen and oxygen atoms in total. The summed E-state index contributed by atoms with van der Waals surface area (Å²) in [7, 11) is 0. The normalized spacial score (nSPS) is 10.3. The number of aromatic nitrogens is 1. The number of halogens is 1. The molecule has 0 radical (unpaired) electrons. The summed E-state index contributed by atoms with van der Waals surface area (Å²) >= 11 is 1.26. The second-order valence-corrected chi connectivity index (χ2v) is 4.85. The fraction of sp³-hybridized carbons (Fsp3) is 0.167. The molecule has 0 unspecified atom stereocenters. The monoisotopic (exact) mass is 267 g/mol. The minimum absolute atomic E-state index is 0.0397. The number of nitrogens with zero attached hydrogens (tertiary/aromatic N) is 1. The van der Waals surface area contributed by atoms with Crippen LogP contribution in [0.3, 0.4) is 0 Å². The SMILES string of the molecule is Cc1sc(COc2cccc(F)c2)nc1C(=O)O. The van der Waals surface area contributed by atoms with Crippen LogP contribution >= 0.6 is 11.3 Å². The number of thiazole rings is 1. The lowest BCUT2D eigenvalue weighted by atomic mass is 10.3. The van der Waals surface area contributed by atoms with Crippen molar-refractivity contribution in [2.24, 2.45) is 0 Å². The van der Waals surface area contributed by atoms with Crippen molar-refractivity contribution >= 4 is 17.3 Å². The third kappa shape index (κ3) is 2.84. The van der Waals surface area contributed by atoms with Gasteiger partial charge in [-0.05, 0) is 19.1 Å². The highest BCUT2D eigenvalue weighted by Gasteiger charge is 2.14. The molecule has 2 rings (SSSR count). The van der Waals surface area contributed by atoms with Gasteiger partial charge in [-0.1, -0.05) is 6.07 Å². The first-order valence-corrected chi connectivity index (χ1v) is 5.96. The Kier molecular flexibility index (Phi) is 3.57. The molecule has 18 heavy (non-hydrogen) atoms. The molecule has 0 atom stereocenters. The van der Waals surface area contributed by atoms with Gasteiger partial charge < -0.3 is 9.84 Å². The fourth-order valence-corrected chi connectivity index (χ4v) is 2.25. The second kappa shape index (κ2) is 5.14. The molecule has 0 fully saturated rings. The average molecular weight is 267 g/mol.